The molecule has 0 atom stereocenters. The average molecular weight is 304 g/mol. The average Bonchev–Trinajstić information content (AvgIpc) is 2.94. The number of benzene rings is 1. The van der Waals surface area contributed by atoms with E-state index in [0.717, 1.165) is 17.1 Å². The molecule has 5 nitrogen and oxygen atoms in total. The van der Waals surface area contributed by atoms with Crippen molar-refractivity contribution in [3.63, 3.8) is 0 Å². The molecule has 0 spiro atoms. The lowest BCUT2D eigenvalue weighted by Crippen LogP contribution is -2.22. The van der Waals surface area contributed by atoms with E-state index in [1.54, 1.807) is 23.5 Å². The molecular weight excluding hydrogens is 284 g/mol. The van der Waals surface area contributed by atoms with Crippen LogP contribution in [0.5, 0.6) is 0 Å². The van der Waals surface area contributed by atoms with Gasteiger partial charge >= 0.3 is 0 Å². The van der Waals surface area contributed by atoms with E-state index in [9.17, 15) is 4.79 Å². The third kappa shape index (κ3) is 3.95. The van der Waals surface area contributed by atoms with Gasteiger partial charge in [0.2, 0.25) is 0 Å². The Hall–Kier alpha value is -2.08. The second-order valence-corrected chi connectivity index (χ2v) is 5.79. The first-order valence-corrected chi connectivity index (χ1v) is 7.80. The number of aromatic nitrogens is 1. The third-order valence-corrected chi connectivity index (χ3v) is 4.17. The van der Waals surface area contributed by atoms with Crippen molar-refractivity contribution in [1.82, 2.24) is 10.3 Å². The van der Waals surface area contributed by atoms with Gasteiger partial charge in [-0.1, -0.05) is 6.92 Å². The molecular formula is C15H20N4OS. The Bertz CT molecular complexity index is 624. The van der Waals surface area contributed by atoms with Crippen molar-refractivity contribution in [3.8, 4) is 0 Å². The van der Waals surface area contributed by atoms with Gasteiger partial charge < -0.3 is 16.4 Å². The minimum Gasteiger partial charge on any atom is -0.397 e. The van der Waals surface area contributed by atoms with Crippen LogP contribution in [0.1, 0.15) is 34.1 Å². The molecule has 6 heteroatoms. The molecule has 0 aliphatic heterocycles. The topological polar surface area (TPSA) is 80.0 Å². The first kappa shape index (κ1) is 15.3. The second kappa shape index (κ2) is 7.08. The number of nitrogens with two attached hydrogens (primary N) is 1. The molecule has 1 amide bonds. The first-order valence-electron chi connectivity index (χ1n) is 6.99. The molecule has 21 heavy (non-hydrogen) atoms. The molecule has 0 aliphatic rings. The van der Waals surface area contributed by atoms with E-state index in [1.807, 2.05) is 19.2 Å². The molecule has 112 valence electrons. The summed E-state index contributed by atoms with van der Waals surface area (Å²) in [7, 11) is 0. The van der Waals surface area contributed by atoms with Crippen LogP contribution in [0.15, 0.2) is 24.4 Å². The minimum absolute atomic E-state index is 0.108. The summed E-state index contributed by atoms with van der Waals surface area (Å²) in [6.07, 6.45) is 2.91. The molecule has 0 unspecified atom stereocenters. The van der Waals surface area contributed by atoms with Crippen LogP contribution in [0.25, 0.3) is 0 Å². The van der Waals surface area contributed by atoms with Crippen LogP contribution < -0.4 is 16.4 Å². The van der Waals surface area contributed by atoms with E-state index in [4.69, 9.17) is 5.73 Å². The maximum absolute atomic E-state index is 11.7. The molecule has 2 rings (SSSR count). The molecule has 0 radical (unpaired) electrons. The first-order chi connectivity index (χ1) is 10.1. The summed E-state index contributed by atoms with van der Waals surface area (Å²) in [6, 6.07) is 5.28. The standard InChI is InChI=1S/C15H20N4OS/c1-3-11-8-19-14(21-11)9-18-13-6-5-10(7-12(13)16)15(20)17-4-2/h5-8,18H,3-4,9,16H2,1-2H3,(H,17,20). The number of nitrogens with one attached hydrogen (secondary N) is 2. The van der Waals surface area contributed by atoms with E-state index >= 15 is 0 Å². The summed E-state index contributed by atoms with van der Waals surface area (Å²) >= 11 is 1.69. The van der Waals surface area contributed by atoms with Gasteiger partial charge in [-0.2, -0.15) is 0 Å². The van der Waals surface area contributed by atoms with Crippen LogP contribution in [-0.2, 0) is 13.0 Å². The van der Waals surface area contributed by atoms with Crippen molar-refractivity contribution in [2.45, 2.75) is 26.8 Å². The highest BCUT2D eigenvalue weighted by Crippen LogP contribution is 2.22. The quantitative estimate of drug-likeness (QED) is 0.717. The molecule has 0 saturated carbocycles. The molecule has 0 bridgehead atoms. The minimum atomic E-state index is -0.108. The van der Waals surface area contributed by atoms with Crippen LogP contribution >= 0.6 is 11.3 Å². The molecule has 0 saturated heterocycles. The lowest BCUT2D eigenvalue weighted by atomic mass is 10.1. The predicted octanol–water partition coefficient (Wildman–Crippen LogP) is 2.65. The van der Waals surface area contributed by atoms with Gasteiger partial charge in [0.25, 0.3) is 5.91 Å². The fourth-order valence-corrected chi connectivity index (χ4v) is 2.69. The lowest BCUT2D eigenvalue weighted by molar-refractivity contribution is 0.0956. The Kier molecular flexibility index (Phi) is 5.16. The van der Waals surface area contributed by atoms with Gasteiger partial charge in [-0.15, -0.1) is 11.3 Å². The fraction of sp³-hybridized carbons (Fsp3) is 0.333. The monoisotopic (exact) mass is 304 g/mol. The van der Waals surface area contributed by atoms with E-state index < -0.39 is 0 Å². The van der Waals surface area contributed by atoms with Crippen molar-refractivity contribution in [1.29, 1.82) is 0 Å². The number of nitrogens with zero attached hydrogens (tertiary/aromatic N) is 1. The Morgan fingerprint density at radius 1 is 1.38 bits per heavy atom. The Morgan fingerprint density at radius 2 is 2.19 bits per heavy atom. The number of aryl methyl sites for hydroxylation is 1. The van der Waals surface area contributed by atoms with E-state index in [1.165, 1.54) is 4.88 Å². The van der Waals surface area contributed by atoms with Gasteiger partial charge in [-0.05, 0) is 31.5 Å². The highest BCUT2D eigenvalue weighted by Gasteiger charge is 2.08. The number of anilines is 2. The summed E-state index contributed by atoms with van der Waals surface area (Å²) in [5, 5.41) is 7.04. The van der Waals surface area contributed by atoms with Gasteiger partial charge in [0.1, 0.15) is 5.01 Å². The number of hydrogen-bond donors (Lipinski definition) is 3. The number of carbonyl (C=O) groups excluding carboxylic acids is 1. The third-order valence-electron chi connectivity index (χ3n) is 3.03. The zero-order chi connectivity index (χ0) is 15.2. The second-order valence-electron chi connectivity index (χ2n) is 4.59. The Morgan fingerprint density at radius 3 is 2.81 bits per heavy atom. The molecule has 1 aromatic carbocycles. The molecule has 1 aromatic heterocycles. The number of amides is 1. The molecule has 4 N–H and O–H groups in total. The molecule has 2 aromatic rings. The highest BCUT2D eigenvalue weighted by molar-refractivity contribution is 7.11. The van der Waals surface area contributed by atoms with Crippen LogP contribution in [0.2, 0.25) is 0 Å². The van der Waals surface area contributed by atoms with Crippen molar-refractivity contribution < 1.29 is 4.79 Å². The van der Waals surface area contributed by atoms with Crippen molar-refractivity contribution in [2.24, 2.45) is 0 Å². The van der Waals surface area contributed by atoms with Gasteiger partial charge in [0, 0.05) is 23.2 Å². The highest BCUT2D eigenvalue weighted by atomic mass is 32.1. The van der Waals surface area contributed by atoms with E-state index in [-0.39, 0.29) is 5.91 Å². The van der Waals surface area contributed by atoms with Crippen LogP contribution in [0.3, 0.4) is 0 Å². The smallest absolute Gasteiger partial charge is 0.251 e. The van der Waals surface area contributed by atoms with E-state index in [0.29, 0.717) is 24.3 Å². The van der Waals surface area contributed by atoms with Gasteiger partial charge in [0.05, 0.1) is 17.9 Å². The van der Waals surface area contributed by atoms with Crippen LogP contribution in [0.4, 0.5) is 11.4 Å². The number of carbonyl (C=O) groups is 1. The number of nitrogen functional groups attached to an aromatic ring is 1. The number of rotatable bonds is 6. The predicted molar refractivity (Wildman–Crippen MR) is 87.7 cm³/mol. The molecule has 0 aliphatic carbocycles. The van der Waals surface area contributed by atoms with Crippen molar-refractivity contribution in [2.75, 3.05) is 17.6 Å². The van der Waals surface area contributed by atoms with E-state index in [2.05, 4.69) is 22.5 Å². The zero-order valence-corrected chi connectivity index (χ0v) is 13.1. The van der Waals surface area contributed by atoms with Gasteiger partial charge in [0.15, 0.2) is 0 Å². The van der Waals surface area contributed by atoms with Gasteiger partial charge in [-0.25, -0.2) is 4.98 Å². The normalized spacial score (nSPS) is 10.4. The summed E-state index contributed by atoms with van der Waals surface area (Å²) in [5.74, 6) is -0.108. The largest absolute Gasteiger partial charge is 0.397 e. The number of thiazole rings is 1. The maximum Gasteiger partial charge on any atom is 0.251 e. The van der Waals surface area contributed by atoms with Crippen LogP contribution in [0, 0.1) is 0 Å². The summed E-state index contributed by atoms with van der Waals surface area (Å²) in [4.78, 5) is 17.4. The Balaban J connectivity index is 2.02. The van der Waals surface area contributed by atoms with Crippen LogP contribution in [-0.4, -0.2) is 17.4 Å². The summed E-state index contributed by atoms with van der Waals surface area (Å²) in [6.45, 7) is 5.23. The van der Waals surface area contributed by atoms with Crippen molar-refractivity contribution in [3.05, 3.63) is 39.8 Å². The van der Waals surface area contributed by atoms with Crippen molar-refractivity contribution >= 4 is 28.6 Å². The SMILES string of the molecule is CCNC(=O)c1ccc(NCc2ncc(CC)s2)c(N)c1. The van der Waals surface area contributed by atoms with Gasteiger partial charge in [-0.3, -0.25) is 4.79 Å². The zero-order valence-electron chi connectivity index (χ0n) is 12.3. The maximum atomic E-state index is 11.7. The fourth-order valence-electron chi connectivity index (χ4n) is 1.89. The lowest BCUT2D eigenvalue weighted by Gasteiger charge is -2.10. The Labute approximate surface area is 128 Å². The summed E-state index contributed by atoms with van der Waals surface area (Å²) in [5.41, 5.74) is 7.94. The molecule has 1 heterocycles. The molecule has 0 fully saturated rings. The summed E-state index contributed by atoms with van der Waals surface area (Å²) < 4.78 is 0. The number of hydrogen-bond acceptors (Lipinski definition) is 5.